The molecule has 0 atom stereocenters. The summed E-state index contributed by atoms with van der Waals surface area (Å²) in [6.07, 6.45) is 0. The fourth-order valence-electron chi connectivity index (χ4n) is 1.61. The molecule has 0 bridgehead atoms. The number of hydrogen-bond donors (Lipinski definition) is 0. The van der Waals surface area contributed by atoms with Crippen LogP contribution in [0.25, 0.3) is 11.1 Å². The van der Waals surface area contributed by atoms with Crippen molar-refractivity contribution in [2.45, 2.75) is 6.92 Å². The summed E-state index contributed by atoms with van der Waals surface area (Å²) in [6.45, 7) is 1.65. The van der Waals surface area contributed by atoms with Gasteiger partial charge in [0.25, 0.3) is 5.69 Å². The minimum atomic E-state index is -0.510. The third-order valence-corrected chi connectivity index (χ3v) is 2.97. The minimum Gasteiger partial charge on any atom is -0.258 e. The first-order valence-corrected chi connectivity index (χ1v) is 5.57. The lowest BCUT2D eigenvalue weighted by atomic mass is 10.0. The lowest BCUT2D eigenvalue weighted by Gasteiger charge is -2.06. The third-order valence-electron chi connectivity index (χ3n) is 2.64. The summed E-state index contributed by atoms with van der Waals surface area (Å²) in [6, 6.07) is 8.71. The van der Waals surface area contributed by atoms with Crippen molar-refractivity contribution in [3.8, 4) is 11.1 Å². The van der Waals surface area contributed by atoms with E-state index in [1.165, 1.54) is 24.3 Å². The molecule has 0 aliphatic carbocycles. The largest absolute Gasteiger partial charge is 0.270 e. The Labute approximate surface area is 108 Å². The van der Waals surface area contributed by atoms with Crippen LogP contribution in [0.3, 0.4) is 0 Å². The smallest absolute Gasteiger partial charge is 0.258 e. The first-order chi connectivity index (χ1) is 8.49. The minimum absolute atomic E-state index is 0.0737. The van der Waals surface area contributed by atoms with Gasteiger partial charge in [0.1, 0.15) is 5.82 Å². The Morgan fingerprint density at radius 2 is 1.94 bits per heavy atom. The van der Waals surface area contributed by atoms with E-state index in [1.54, 1.807) is 19.1 Å². The van der Waals surface area contributed by atoms with Crippen molar-refractivity contribution in [1.82, 2.24) is 0 Å². The van der Waals surface area contributed by atoms with Crippen molar-refractivity contribution < 1.29 is 9.31 Å². The first kappa shape index (κ1) is 12.5. The number of aryl methyl sites for hydroxylation is 1. The Bertz CT molecular complexity index is 628. The maximum Gasteiger partial charge on any atom is 0.270 e. The van der Waals surface area contributed by atoms with Gasteiger partial charge in [0, 0.05) is 22.7 Å². The summed E-state index contributed by atoms with van der Waals surface area (Å²) >= 11 is 5.98. The van der Waals surface area contributed by atoms with E-state index in [-0.39, 0.29) is 11.5 Å². The predicted molar refractivity (Wildman–Crippen MR) is 68.2 cm³/mol. The van der Waals surface area contributed by atoms with E-state index in [0.717, 1.165) is 0 Å². The fraction of sp³-hybridized carbons (Fsp3) is 0.0769. The van der Waals surface area contributed by atoms with Crippen molar-refractivity contribution in [3.05, 3.63) is 62.9 Å². The molecule has 2 rings (SSSR count). The SMILES string of the molecule is Cc1ccc(-c2cc([N+](=O)[O-])ccc2Cl)cc1F. The lowest BCUT2D eigenvalue weighted by Crippen LogP contribution is -1.90. The van der Waals surface area contributed by atoms with E-state index in [2.05, 4.69) is 0 Å². The molecular formula is C13H9ClFNO2. The molecule has 3 nitrogen and oxygen atoms in total. The van der Waals surface area contributed by atoms with Crippen LogP contribution in [0, 0.1) is 22.9 Å². The zero-order valence-electron chi connectivity index (χ0n) is 9.48. The number of benzene rings is 2. The zero-order valence-corrected chi connectivity index (χ0v) is 10.2. The molecule has 0 unspecified atom stereocenters. The van der Waals surface area contributed by atoms with Crippen molar-refractivity contribution in [1.29, 1.82) is 0 Å². The quantitative estimate of drug-likeness (QED) is 0.598. The van der Waals surface area contributed by atoms with Gasteiger partial charge in [-0.05, 0) is 30.2 Å². The second-order valence-corrected chi connectivity index (χ2v) is 4.29. The van der Waals surface area contributed by atoms with Crippen LogP contribution >= 0.6 is 11.6 Å². The first-order valence-electron chi connectivity index (χ1n) is 5.19. The molecule has 5 heteroatoms. The molecule has 2 aromatic carbocycles. The van der Waals surface area contributed by atoms with E-state index < -0.39 is 4.92 Å². The lowest BCUT2D eigenvalue weighted by molar-refractivity contribution is -0.384. The van der Waals surface area contributed by atoms with Crippen molar-refractivity contribution in [2.75, 3.05) is 0 Å². The van der Waals surface area contributed by atoms with Gasteiger partial charge in [-0.1, -0.05) is 23.7 Å². The molecule has 92 valence electrons. The van der Waals surface area contributed by atoms with Gasteiger partial charge >= 0.3 is 0 Å². The number of nitro benzene ring substituents is 1. The van der Waals surface area contributed by atoms with Gasteiger partial charge in [-0.3, -0.25) is 10.1 Å². The number of hydrogen-bond acceptors (Lipinski definition) is 2. The van der Waals surface area contributed by atoms with Crippen LogP contribution in [0.2, 0.25) is 5.02 Å². The zero-order chi connectivity index (χ0) is 13.3. The summed E-state index contributed by atoms with van der Waals surface area (Å²) < 4.78 is 13.5. The maximum absolute atomic E-state index is 13.5. The van der Waals surface area contributed by atoms with Gasteiger partial charge in [0.2, 0.25) is 0 Å². The average molecular weight is 266 g/mol. The third kappa shape index (κ3) is 2.33. The molecule has 0 heterocycles. The van der Waals surface area contributed by atoms with Gasteiger partial charge in [-0.15, -0.1) is 0 Å². The molecule has 0 radical (unpaired) electrons. The van der Waals surface area contributed by atoms with Crippen LogP contribution in [-0.2, 0) is 0 Å². The van der Waals surface area contributed by atoms with Crippen LogP contribution in [0.15, 0.2) is 36.4 Å². The molecule has 0 amide bonds. The van der Waals surface area contributed by atoms with Gasteiger partial charge in [-0.2, -0.15) is 0 Å². The fourth-order valence-corrected chi connectivity index (χ4v) is 1.84. The molecule has 0 aliphatic rings. The summed E-state index contributed by atoms with van der Waals surface area (Å²) in [7, 11) is 0. The molecule has 18 heavy (non-hydrogen) atoms. The maximum atomic E-state index is 13.5. The van der Waals surface area contributed by atoms with Crippen LogP contribution in [-0.4, -0.2) is 4.92 Å². The van der Waals surface area contributed by atoms with Crippen molar-refractivity contribution in [2.24, 2.45) is 0 Å². The highest BCUT2D eigenvalue weighted by molar-refractivity contribution is 6.33. The number of non-ortho nitro benzene ring substituents is 1. The number of halogens is 2. The highest BCUT2D eigenvalue weighted by Gasteiger charge is 2.12. The molecule has 0 saturated carbocycles. The number of rotatable bonds is 2. The number of nitro groups is 1. The molecule has 2 aromatic rings. The summed E-state index contributed by atoms with van der Waals surface area (Å²) in [5.74, 6) is -0.366. The van der Waals surface area contributed by atoms with Gasteiger partial charge in [0.15, 0.2) is 0 Å². The summed E-state index contributed by atoms with van der Waals surface area (Å²) in [5.41, 5.74) is 1.41. The normalized spacial score (nSPS) is 10.4. The van der Waals surface area contributed by atoms with Crippen molar-refractivity contribution >= 4 is 17.3 Å². The van der Waals surface area contributed by atoms with Gasteiger partial charge in [0.05, 0.1) is 4.92 Å². The monoisotopic (exact) mass is 265 g/mol. The molecular weight excluding hydrogens is 257 g/mol. The van der Waals surface area contributed by atoms with E-state index in [4.69, 9.17) is 11.6 Å². The average Bonchev–Trinajstić information content (AvgIpc) is 2.33. The van der Waals surface area contributed by atoms with E-state index in [1.807, 2.05) is 0 Å². The topological polar surface area (TPSA) is 43.1 Å². The highest BCUT2D eigenvalue weighted by atomic mass is 35.5. The Balaban J connectivity index is 2.58. The highest BCUT2D eigenvalue weighted by Crippen LogP contribution is 2.32. The molecule has 0 fully saturated rings. The Morgan fingerprint density at radius 1 is 1.22 bits per heavy atom. The Hall–Kier alpha value is -1.94. The van der Waals surface area contributed by atoms with Crippen LogP contribution in [0.4, 0.5) is 10.1 Å². The summed E-state index contributed by atoms with van der Waals surface area (Å²) in [5, 5.41) is 11.1. The van der Waals surface area contributed by atoms with Gasteiger partial charge < -0.3 is 0 Å². The van der Waals surface area contributed by atoms with Crippen LogP contribution in [0.5, 0.6) is 0 Å². The Morgan fingerprint density at radius 3 is 2.56 bits per heavy atom. The van der Waals surface area contributed by atoms with E-state index in [0.29, 0.717) is 21.7 Å². The molecule has 0 saturated heterocycles. The second kappa shape index (κ2) is 4.74. The molecule has 0 N–H and O–H groups in total. The van der Waals surface area contributed by atoms with Crippen molar-refractivity contribution in [3.63, 3.8) is 0 Å². The summed E-state index contributed by atoms with van der Waals surface area (Å²) in [4.78, 5) is 10.2. The predicted octanol–water partition coefficient (Wildman–Crippen LogP) is 4.36. The molecule has 0 aliphatic heterocycles. The van der Waals surface area contributed by atoms with Gasteiger partial charge in [-0.25, -0.2) is 4.39 Å². The second-order valence-electron chi connectivity index (χ2n) is 3.89. The number of nitrogens with zero attached hydrogens (tertiary/aromatic N) is 1. The van der Waals surface area contributed by atoms with Crippen LogP contribution in [0.1, 0.15) is 5.56 Å². The molecule has 0 aromatic heterocycles. The van der Waals surface area contributed by atoms with E-state index >= 15 is 0 Å². The van der Waals surface area contributed by atoms with Crippen LogP contribution < -0.4 is 0 Å². The van der Waals surface area contributed by atoms with E-state index in [9.17, 15) is 14.5 Å². The Kier molecular flexibility index (Phi) is 3.30. The standard InChI is InChI=1S/C13H9ClFNO2/c1-8-2-3-9(6-13(8)15)11-7-10(16(17)18)4-5-12(11)14/h2-7H,1H3. The molecule has 0 spiro atoms.